The van der Waals surface area contributed by atoms with Crippen LogP contribution in [0.15, 0.2) is 80.6 Å². The van der Waals surface area contributed by atoms with Crippen molar-refractivity contribution in [2.75, 3.05) is 0 Å². The number of carbonyl (C=O) groups is 1. The van der Waals surface area contributed by atoms with Crippen LogP contribution < -0.4 is 14.9 Å². The predicted molar refractivity (Wildman–Crippen MR) is 120 cm³/mol. The summed E-state index contributed by atoms with van der Waals surface area (Å²) in [7, 11) is 0. The number of hydrogen-bond donors (Lipinski definition) is 0. The summed E-state index contributed by atoms with van der Waals surface area (Å²) >= 11 is 9.32. The lowest BCUT2D eigenvalue weighted by Gasteiger charge is -2.08. The van der Waals surface area contributed by atoms with Gasteiger partial charge in [0.25, 0.3) is 5.69 Å². The first-order chi connectivity index (χ1) is 15.3. The molecule has 0 aliphatic rings. The molecule has 0 aliphatic heterocycles. The zero-order valence-corrected chi connectivity index (χ0v) is 18.3. The molecule has 0 radical (unpaired) electrons. The van der Waals surface area contributed by atoms with Crippen molar-refractivity contribution >= 4 is 50.2 Å². The molecule has 160 valence electrons. The molecule has 32 heavy (non-hydrogen) atoms. The van der Waals surface area contributed by atoms with Crippen LogP contribution in [0.1, 0.15) is 10.4 Å². The second-order valence-electron chi connectivity index (χ2n) is 6.43. The number of rotatable bonds is 5. The van der Waals surface area contributed by atoms with Gasteiger partial charge in [-0.05, 0) is 46.3 Å². The zero-order valence-electron chi connectivity index (χ0n) is 15.9. The van der Waals surface area contributed by atoms with E-state index in [1.165, 1.54) is 30.3 Å². The van der Waals surface area contributed by atoms with E-state index >= 15 is 0 Å². The standard InChI is InChI=1S/C22H11BrClNO7/c23-16-3-1-2-4-18(16)32-20-11-30-19-10-13(6-7-14(19)21(20)26)31-22(27)15-9-12(25(28)29)5-8-17(15)24/h1-11H. The Kier molecular flexibility index (Phi) is 5.93. The topological polar surface area (TPSA) is 109 Å². The third-order valence-corrected chi connectivity index (χ3v) is 5.35. The van der Waals surface area contributed by atoms with Gasteiger partial charge in [0.2, 0.25) is 11.2 Å². The Morgan fingerprint density at radius 1 is 1.06 bits per heavy atom. The first-order valence-electron chi connectivity index (χ1n) is 8.97. The predicted octanol–water partition coefficient (Wildman–Crippen LogP) is 6.13. The SMILES string of the molecule is O=C(Oc1ccc2c(=O)c(Oc3ccccc3Br)coc2c1)c1cc([N+](=O)[O-])ccc1Cl. The van der Waals surface area contributed by atoms with Crippen molar-refractivity contribution in [3.8, 4) is 17.2 Å². The number of hydrogen-bond acceptors (Lipinski definition) is 7. The zero-order chi connectivity index (χ0) is 22.8. The summed E-state index contributed by atoms with van der Waals surface area (Å²) in [6.07, 6.45) is 1.16. The molecule has 0 saturated heterocycles. The maximum Gasteiger partial charge on any atom is 0.345 e. The van der Waals surface area contributed by atoms with Crippen molar-refractivity contribution in [3.05, 3.63) is 102 Å². The van der Waals surface area contributed by atoms with Crippen LogP contribution in [0, 0.1) is 10.1 Å². The number of esters is 1. The van der Waals surface area contributed by atoms with Crippen LogP contribution in [0.2, 0.25) is 5.02 Å². The molecule has 0 saturated carbocycles. The minimum absolute atomic E-state index is 0.00165. The van der Waals surface area contributed by atoms with Crippen molar-refractivity contribution in [2.45, 2.75) is 0 Å². The first-order valence-corrected chi connectivity index (χ1v) is 10.1. The first kappa shape index (κ1) is 21.5. The number of nitrogens with zero attached hydrogens (tertiary/aromatic N) is 1. The molecule has 0 spiro atoms. The van der Waals surface area contributed by atoms with Crippen LogP contribution in [0.25, 0.3) is 11.0 Å². The number of non-ortho nitro benzene ring substituents is 1. The summed E-state index contributed by atoms with van der Waals surface area (Å²) in [6.45, 7) is 0. The molecule has 0 aliphatic carbocycles. The molecule has 1 heterocycles. The monoisotopic (exact) mass is 515 g/mol. The Bertz CT molecular complexity index is 1430. The lowest BCUT2D eigenvalue weighted by Crippen LogP contribution is -2.10. The smallest absolute Gasteiger partial charge is 0.345 e. The summed E-state index contributed by atoms with van der Waals surface area (Å²) in [5.74, 6) is -0.405. The molecule has 0 N–H and O–H groups in total. The third-order valence-electron chi connectivity index (χ3n) is 4.36. The maximum absolute atomic E-state index is 12.8. The Morgan fingerprint density at radius 3 is 2.59 bits per heavy atom. The van der Waals surface area contributed by atoms with Crippen LogP contribution >= 0.6 is 27.5 Å². The van der Waals surface area contributed by atoms with Gasteiger partial charge in [0, 0.05) is 18.2 Å². The van der Waals surface area contributed by atoms with E-state index in [9.17, 15) is 19.7 Å². The Morgan fingerprint density at radius 2 is 1.84 bits per heavy atom. The van der Waals surface area contributed by atoms with Gasteiger partial charge >= 0.3 is 5.97 Å². The van der Waals surface area contributed by atoms with Crippen molar-refractivity contribution in [2.24, 2.45) is 0 Å². The lowest BCUT2D eigenvalue weighted by molar-refractivity contribution is -0.384. The van der Waals surface area contributed by atoms with E-state index in [1.807, 2.05) is 6.07 Å². The molecule has 1 aromatic heterocycles. The van der Waals surface area contributed by atoms with E-state index in [0.29, 0.717) is 10.2 Å². The van der Waals surface area contributed by atoms with Crippen LogP contribution in [0.4, 0.5) is 5.69 Å². The molecule has 8 nitrogen and oxygen atoms in total. The van der Waals surface area contributed by atoms with E-state index in [4.69, 9.17) is 25.5 Å². The van der Waals surface area contributed by atoms with E-state index in [0.717, 1.165) is 12.3 Å². The number of nitro groups is 1. The molecule has 4 rings (SSSR count). The highest BCUT2D eigenvalue weighted by molar-refractivity contribution is 9.10. The van der Waals surface area contributed by atoms with Crippen molar-refractivity contribution in [1.82, 2.24) is 0 Å². The fraction of sp³-hybridized carbons (Fsp3) is 0. The minimum atomic E-state index is -0.894. The van der Waals surface area contributed by atoms with Gasteiger partial charge in [0.1, 0.15) is 23.3 Å². The van der Waals surface area contributed by atoms with E-state index < -0.39 is 16.3 Å². The molecular formula is C22H11BrClNO7. The molecule has 3 aromatic carbocycles. The molecular weight excluding hydrogens is 506 g/mol. The second-order valence-corrected chi connectivity index (χ2v) is 7.69. The van der Waals surface area contributed by atoms with Gasteiger partial charge in [0.15, 0.2) is 0 Å². The summed E-state index contributed by atoms with van der Waals surface area (Å²) in [4.78, 5) is 35.5. The van der Waals surface area contributed by atoms with E-state index in [2.05, 4.69) is 15.9 Å². The van der Waals surface area contributed by atoms with Gasteiger partial charge in [-0.3, -0.25) is 14.9 Å². The van der Waals surface area contributed by atoms with E-state index in [-0.39, 0.29) is 38.7 Å². The fourth-order valence-corrected chi connectivity index (χ4v) is 3.38. The van der Waals surface area contributed by atoms with Gasteiger partial charge in [-0.25, -0.2) is 4.79 Å². The van der Waals surface area contributed by atoms with Crippen molar-refractivity contribution in [3.63, 3.8) is 0 Å². The molecule has 0 bridgehead atoms. The number of fused-ring (bicyclic) bond motifs is 1. The average Bonchev–Trinajstić information content (AvgIpc) is 2.77. The number of ether oxygens (including phenoxy) is 2. The van der Waals surface area contributed by atoms with Crippen molar-refractivity contribution < 1.29 is 23.6 Å². The Hall–Kier alpha value is -3.69. The largest absolute Gasteiger partial charge is 0.460 e. The molecule has 0 atom stereocenters. The Balaban J connectivity index is 1.61. The number of halogens is 2. The molecule has 4 aromatic rings. The minimum Gasteiger partial charge on any atom is -0.460 e. The quantitative estimate of drug-likeness (QED) is 0.136. The van der Waals surface area contributed by atoms with Gasteiger partial charge in [-0.1, -0.05) is 23.7 Å². The highest BCUT2D eigenvalue weighted by Crippen LogP contribution is 2.30. The summed E-state index contributed by atoms with van der Waals surface area (Å²) < 4.78 is 17.1. The molecule has 0 fully saturated rings. The normalized spacial score (nSPS) is 10.7. The second kappa shape index (κ2) is 8.81. The van der Waals surface area contributed by atoms with Gasteiger partial charge in [-0.15, -0.1) is 0 Å². The number of benzene rings is 3. The molecule has 10 heteroatoms. The highest BCUT2D eigenvalue weighted by atomic mass is 79.9. The molecule has 0 unspecified atom stereocenters. The van der Waals surface area contributed by atoms with Gasteiger partial charge < -0.3 is 13.9 Å². The lowest BCUT2D eigenvalue weighted by atomic mass is 10.2. The van der Waals surface area contributed by atoms with Gasteiger partial charge in [0.05, 0.1) is 25.4 Å². The summed E-state index contributed by atoms with van der Waals surface area (Å²) in [6, 6.07) is 14.6. The number of nitro benzene ring substituents is 1. The maximum atomic E-state index is 12.8. The van der Waals surface area contributed by atoms with Crippen LogP contribution in [-0.2, 0) is 0 Å². The third kappa shape index (κ3) is 4.34. The fourth-order valence-electron chi connectivity index (χ4n) is 2.82. The number of carbonyl (C=O) groups excluding carboxylic acids is 1. The Labute approximate surface area is 193 Å². The highest BCUT2D eigenvalue weighted by Gasteiger charge is 2.19. The van der Waals surface area contributed by atoms with Crippen LogP contribution in [-0.4, -0.2) is 10.9 Å². The van der Waals surface area contributed by atoms with Crippen LogP contribution in [0.5, 0.6) is 17.2 Å². The number of para-hydroxylation sites is 1. The van der Waals surface area contributed by atoms with Crippen molar-refractivity contribution in [1.29, 1.82) is 0 Å². The van der Waals surface area contributed by atoms with Crippen LogP contribution in [0.3, 0.4) is 0 Å². The molecule has 0 amide bonds. The average molecular weight is 517 g/mol. The van der Waals surface area contributed by atoms with E-state index in [1.54, 1.807) is 18.2 Å². The van der Waals surface area contributed by atoms with Gasteiger partial charge in [-0.2, -0.15) is 0 Å². The summed E-state index contributed by atoms with van der Waals surface area (Å²) in [5, 5.41) is 11.2. The summed E-state index contributed by atoms with van der Waals surface area (Å²) in [5.41, 5.74) is -0.727.